The normalized spacial score (nSPS) is 10.2. The molecule has 108 valence electrons. The van der Waals surface area contributed by atoms with Crippen LogP contribution in [-0.4, -0.2) is 17.5 Å². The minimum absolute atomic E-state index is 0. The van der Waals surface area contributed by atoms with Gasteiger partial charge in [0.2, 0.25) is 12.1 Å². The summed E-state index contributed by atoms with van der Waals surface area (Å²) in [5.74, 6) is 0.779. The van der Waals surface area contributed by atoms with E-state index in [1.54, 1.807) is 13.2 Å². The van der Waals surface area contributed by atoms with Crippen LogP contribution < -0.4 is 26.3 Å². The number of ketones is 1. The number of methoxy groups -OCH3 is 1. The van der Waals surface area contributed by atoms with Gasteiger partial charge in [-0.2, -0.15) is 0 Å². The zero-order valence-corrected chi connectivity index (χ0v) is 13.5. The topological polar surface area (TPSA) is 35.1 Å². The molecule has 0 N–H and O–H groups in total. The van der Waals surface area contributed by atoms with E-state index in [0.29, 0.717) is 23.9 Å². The Bertz CT molecular complexity index is 579. The molecule has 1 heterocycles. The number of benzene rings is 1. The first kappa shape index (κ1) is 16.4. The molecule has 0 aliphatic heterocycles. The van der Waals surface area contributed by atoms with Crippen molar-refractivity contribution >= 4 is 5.78 Å². The van der Waals surface area contributed by atoms with Crippen LogP contribution in [0.2, 0.25) is 0 Å². The molecule has 5 heteroatoms. The average Bonchev–Trinajstić information content (AvgIpc) is 2.87. The van der Waals surface area contributed by atoms with Gasteiger partial charge in [0, 0.05) is 5.56 Å². The van der Waals surface area contributed by atoms with Gasteiger partial charge in [-0.05, 0) is 26.0 Å². The number of hydrogen-bond acceptors (Lipinski definition) is 2. The molecule has 0 bridgehead atoms. The molecule has 20 heavy (non-hydrogen) atoms. The van der Waals surface area contributed by atoms with E-state index in [9.17, 15) is 4.79 Å². The quantitative estimate of drug-likeness (QED) is 0.531. The van der Waals surface area contributed by atoms with Crippen LogP contribution in [0.1, 0.15) is 30.2 Å². The molecule has 2 aromatic rings. The zero-order chi connectivity index (χ0) is 13.8. The standard InChI is InChI=1S/C15H19N2O2.BrH/c1-12(2)17-8-7-16(11-17)10-15(18)13-5-4-6-14(9-13)19-3;/h4-9,11-12H,10H2,1-3H3;1H/q+1;/p-1. The average molecular weight is 339 g/mol. The van der Waals surface area contributed by atoms with E-state index >= 15 is 0 Å². The van der Waals surface area contributed by atoms with E-state index in [4.69, 9.17) is 4.74 Å². The van der Waals surface area contributed by atoms with Crippen molar-refractivity contribution in [2.75, 3.05) is 7.11 Å². The first-order valence-electron chi connectivity index (χ1n) is 6.34. The Morgan fingerprint density at radius 1 is 1.40 bits per heavy atom. The highest BCUT2D eigenvalue weighted by molar-refractivity contribution is 5.95. The summed E-state index contributed by atoms with van der Waals surface area (Å²) in [4.78, 5) is 12.2. The number of carbonyl (C=O) groups excluding carboxylic acids is 1. The lowest BCUT2D eigenvalue weighted by atomic mass is 10.1. The van der Waals surface area contributed by atoms with Crippen LogP contribution in [0.15, 0.2) is 43.0 Å². The molecule has 0 radical (unpaired) electrons. The number of ether oxygens (including phenoxy) is 1. The maximum absolute atomic E-state index is 12.2. The number of rotatable bonds is 5. The number of carbonyl (C=O) groups is 1. The Balaban J connectivity index is 0.00000200. The zero-order valence-electron chi connectivity index (χ0n) is 11.9. The second kappa shape index (κ2) is 7.24. The van der Waals surface area contributed by atoms with Crippen LogP contribution in [0.5, 0.6) is 5.75 Å². The highest BCUT2D eigenvalue weighted by Gasteiger charge is 2.13. The molecule has 0 atom stereocenters. The highest BCUT2D eigenvalue weighted by Crippen LogP contribution is 2.13. The van der Waals surface area contributed by atoms with Gasteiger partial charge in [0.25, 0.3) is 0 Å². The van der Waals surface area contributed by atoms with Crippen LogP contribution in [0.3, 0.4) is 0 Å². The van der Waals surface area contributed by atoms with Gasteiger partial charge in [0.05, 0.1) is 13.2 Å². The van der Waals surface area contributed by atoms with Crippen molar-refractivity contribution in [2.24, 2.45) is 0 Å². The van der Waals surface area contributed by atoms with Crippen LogP contribution in [-0.2, 0) is 6.54 Å². The summed E-state index contributed by atoms with van der Waals surface area (Å²) >= 11 is 0. The summed E-state index contributed by atoms with van der Waals surface area (Å²) in [6.07, 6.45) is 5.84. The monoisotopic (exact) mass is 338 g/mol. The number of hydrogen-bond donors (Lipinski definition) is 0. The van der Waals surface area contributed by atoms with Gasteiger partial charge in [-0.15, -0.1) is 0 Å². The summed E-state index contributed by atoms with van der Waals surface area (Å²) in [5, 5.41) is 0. The van der Waals surface area contributed by atoms with Gasteiger partial charge < -0.3 is 21.7 Å². The molecule has 0 amide bonds. The number of Topliss-reactive ketones (excluding diaryl/α,β-unsaturated/α-hetero) is 1. The fraction of sp³-hybridized carbons (Fsp3) is 0.333. The van der Waals surface area contributed by atoms with Crippen molar-refractivity contribution in [3.8, 4) is 5.75 Å². The Hall–Kier alpha value is -1.62. The number of aromatic nitrogens is 2. The summed E-state index contributed by atoms with van der Waals surface area (Å²) in [7, 11) is 1.60. The molecule has 0 saturated heterocycles. The number of imidazole rings is 1. The van der Waals surface area contributed by atoms with E-state index in [-0.39, 0.29) is 22.8 Å². The molecular formula is C15H19BrN2O2. The molecule has 0 aliphatic rings. The Labute approximate surface area is 129 Å². The Morgan fingerprint density at radius 3 is 2.75 bits per heavy atom. The lowest BCUT2D eigenvalue weighted by molar-refractivity contribution is -0.682. The number of nitrogens with zero attached hydrogens (tertiary/aromatic N) is 2. The molecular weight excluding hydrogens is 320 g/mol. The first-order valence-corrected chi connectivity index (χ1v) is 6.34. The fourth-order valence-corrected chi connectivity index (χ4v) is 1.86. The lowest BCUT2D eigenvalue weighted by Crippen LogP contribution is -3.00. The highest BCUT2D eigenvalue weighted by atomic mass is 79.9. The summed E-state index contributed by atoms with van der Waals surface area (Å²) in [5.41, 5.74) is 0.671. The predicted molar refractivity (Wildman–Crippen MR) is 72.3 cm³/mol. The van der Waals surface area contributed by atoms with Crippen molar-refractivity contribution < 1.29 is 31.1 Å². The fourth-order valence-electron chi connectivity index (χ4n) is 1.86. The van der Waals surface area contributed by atoms with E-state index in [0.717, 1.165) is 0 Å². The third kappa shape index (κ3) is 3.93. The SMILES string of the molecule is COc1cccc(C(=O)C[n+]2ccn(C(C)C)c2)c1.[Br-]. The van der Waals surface area contributed by atoms with Gasteiger partial charge in [0.15, 0.2) is 6.54 Å². The molecule has 1 aromatic heterocycles. The maximum atomic E-state index is 12.2. The molecule has 0 spiro atoms. The van der Waals surface area contributed by atoms with Crippen molar-refractivity contribution in [3.05, 3.63) is 48.5 Å². The molecule has 4 nitrogen and oxygen atoms in total. The van der Waals surface area contributed by atoms with Gasteiger partial charge >= 0.3 is 0 Å². The van der Waals surface area contributed by atoms with E-state index < -0.39 is 0 Å². The Kier molecular flexibility index (Phi) is 5.95. The first-order chi connectivity index (χ1) is 9.10. The third-order valence-electron chi connectivity index (χ3n) is 3.03. The summed E-state index contributed by atoms with van der Waals surface area (Å²) in [6, 6.07) is 7.63. The van der Waals surface area contributed by atoms with E-state index in [1.807, 2.05) is 41.5 Å². The summed E-state index contributed by atoms with van der Waals surface area (Å²) in [6.45, 7) is 4.55. The molecule has 0 fully saturated rings. The Morgan fingerprint density at radius 2 is 2.15 bits per heavy atom. The van der Waals surface area contributed by atoms with E-state index in [1.165, 1.54) is 0 Å². The van der Waals surface area contributed by atoms with Gasteiger partial charge in [-0.25, -0.2) is 9.13 Å². The second-order valence-corrected chi connectivity index (χ2v) is 4.78. The minimum Gasteiger partial charge on any atom is -1.00 e. The molecule has 0 aliphatic carbocycles. The smallest absolute Gasteiger partial charge is 0.244 e. The summed E-state index contributed by atoms with van der Waals surface area (Å²) < 4.78 is 9.09. The van der Waals surface area contributed by atoms with Crippen LogP contribution in [0.25, 0.3) is 0 Å². The van der Waals surface area contributed by atoms with Gasteiger partial charge in [-0.1, -0.05) is 12.1 Å². The van der Waals surface area contributed by atoms with Crippen molar-refractivity contribution in [1.29, 1.82) is 0 Å². The molecule has 0 saturated carbocycles. The third-order valence-corrected chi connectivity index (χ3v) is 3.03. The van der Waals surface area contributed by atoms with Crippen LogP contribution in [0.4, 0.5) is 0 Å². The lowest BCUT2D eigenvalue weighted by Gasteiger charge is -2.02. The molecule has 0 unspecified atom stereocenters. The van der Waals surface area contributed by atoms with Crippen LogP contribution >= 0.6 is 0 Å². The molecule has 1 aromatic carbocycles. The van der Waals surface area contributed by atoms with Gasteiger partial charge in [0.1, 0.15) is 18.1 Å². The maximum Gasteiger partial charge on any atom is 0.244 e. The number of halogens is 1. The van der Waals surface area contributed by atoms with Crippen molar-refractivity contribution in [3.63, 3.8) is 0 Å². The van der Waals surface area contributed by atoms with Gasteiger partial charge in [-0.3, -0.25) is 4.79 Å². The van der Waals surface area contributed by atoms with Crippen LogP contribution in [0, 0.1) is 0 Å². The predicted octanol–water partition coefficient (Wildman–Crippen LogP) is -0.748. The minimum atomic E-state index is 0. The second-order valence-electron chi connectivity index (χ2n) is 4.78. The molecule has 2 rings (SSSR count). The van der Waals surface area contributed by atoms with Crippen molar-refractivity contribution in [2.45, 2.75) is 26.4 Å². The van der Waals surface area contributed by atoms with E-state index in [2.05, 4.69) is 18.4 Å². The largest absolute Gasteiger partial charge is 1.00 e. The van der Waals surface area contributed by atoms with Crippen molar-refractivity contribution in [1.82, 2.24) is 4.57 Å².